The third-order valence-corrected chi connectivity index (χ3v) is 2.41. The van der Waals surface area contributed by atoms with Crippen LogP contribution in [0.1, 0.15) is 5.82 Å². The van der Waals surface area contributed by atoms with E-state index in [-0.39, 0.29) is 6.42 Å². The number of hydrogen-bond donors (Lipinski definition) is 0. The number of imidazole rings is 1. The molecule has 0 saturated carbocycles. The molecule has 2 rings (SSSR count). The molecule has 0 amide bonds. The van der Waals surface area contributed by atoms with Crippen molar-refractivity contribution >= 4 is 23.4 Å². The molecule has 0 saturated heterocycles. The number of nitrogens with zero attached hydrogens (tertiary/aromatic N) is 2. The summed E-state index contributed by atoms with van der Waals surface area (Å²) in [5.41, 5.74) is 0.693. The van der Waals surface area contributed by atoms with Gasteiger partial charge in [0.15, 0.2) is 5.15 Å². The Kier molecular flexibility index (Phi) is 2.60. The number of carbonyl (C=O) groups excluding carboxylic acids is 1. The van der Waals surface area contributed by atoms with Crippen molar-refractivity contribution in [2.75, 3.05) is 7.11 Å². The third-order valence-electron chi connectivity index (χ3n) is 2.14. The molecule has 2 heterocycles. The second-order valence-corrected chi connectivity index (χ2v) is 3.34. The van der Waals surface area contributed by atoms with Crippen LogP contribution in [-0.2, 0) is 11.2 Å². The van der Waals surface area contributed by atoms with Crippen molar-refractivity contribution < 1.29 is 9.53 Å². The van der Waals surface area contributed by atoms with Gasteiger partial charge in [0, 0.05) is 6.20 Å². The molecule has 78 valence electrons. The van der Waals surface area contributed by atoms with Crippen molar-refractivity contribution in [3.8, 4) is 5.75 Å². The zero-order valence-corrected chi connectivity index (χ0v) is 8.86. The van der Waals surface area contributed by atoms with Crippen molar-refractivity contribution in [3.63, 3.8) is 0 Å². The number of methoxy groups -OCH3 is 1. The smallest absolute Gasteiger partial charge is 0.158 e. The number of hydrogen-bond acceptors (Lipinski definition) is 3. The van der Waals surface area contributed by atoms with Crippen LogP contribution in [-0.4, -0.2) is 22.8 Å². The standard InChI is InChI=1S/C10H9ClN2O2/c1-15-7-3-2-5-13-8(4-6-14)12-10(11)9(7)13/h2-3,5-6H,4H2,1H3. The van der Waals surface area contributed by atoms with Gasteiger partial charge in [-0.3, -0.25) is 4.40 Å². The molecule has 4 nitrogen and oxygen atoms in total. The van der Waals surface area contributed by atoms with E-state index in [0.29, 0.717) is 22.2 Å². The fourth-order valence-electron chi connectivity index (χ4n) is 1.51. The molecular formula is C10H9ClN2O2. The summed E-state index contributed by atoms with van der Waals surface area (Å²) in [5.74, 6) is 1.26. The van der Waals surface area contributed by atoms with Gasteiger partial charge in [-0.1, -0.05) is 11.6 Å². The highest BCUT2D eigenvalue weighted by atomic mass is 35.5. The summed E-state index contributed by atoms with van der Waals surface area (Å²) < 4.78 is 6.93. The lowest BCUT2D eigenvalue weighted by atomic mass is 10.4. The van der Waals surface area contributed by atoms with Gasteiger partial charge in [0.1, 0.15) is 23.4 Å². The maximum absolute atomic E-state index is 10.5. The van der Waals surface area contributed by atoms with Crippen molar-refractivity contribution in [1.29, 1.82) is 0 Å². The van der Waals surface area contributed by atoms with E-state index >= 15 is 0 Å². The van der Waals surface area contributed by atoms with Crippen molar-refractivity contribution in [3.05, 3.63) is 29.3 Å². The summed E-state index contributed by atoms with van der Waals surface area (Å²) in [6.07, 6.45) is 2.83. The van der Waals surface area contributed by atoms with Crippen LogP contribution >= 0.6 is 11.6 Å². The Labute approximate surface area is 91.4 Å². The minimum Gasteiger partial charge on any atom is -0.494 e. The van der Waals surface area contributed by atoms with E-state index in [2.05, 4.69) is 4.98 Å². The molecule has 0 aliphatic carbocycles. The molecule has 2 aromatic heterocycles. The highest BCUT2D eigenvalue weighted by Crippen LogP contribution is 2.27. The molecular weight excluding hydrogens is 216 g/mol. The lowest BCUT2D eigenvalue weighted by molar-refractivity contribution is -0.107. The minimum absolute atomic E-state index is 0.237. The summed E-state index contributed by atoms with van der Waals surface area (Å²) in [7, 11) is 1.57. The van der Waals surface area contributed by atoms with E-state index in [1.165, 1.54) is 0 Å². The van der Waals surface area contributed by atoms with E-state index in [9.17, 15) is 4.79 Å². The number of aromatic nitrogens is 2. The quantitative estimate of drug-likeness (QED) is 0.746. The zero-order valence-electron chi connectivity index (χ0n) is 8.11. The Morgan fingerprint density at radius 1 is 1.67 bits per heavy atom. The number of carbonyl (C=O) groups is 1. The van der Waals surface area contributed by atoms with Crippen LogP contribution in [0.25, 0.3) is 5.52 Å². The van der Waals surface area contributed by atoms with Gasteiger partial charge in [0.05, 0.1) is 13.5 Å². The third kappa shape index (κ3) is 1.57. The summed E-state index contributed by atoms with van der Waals surface area (Å²) in [6.45, 7) is 0. The Bertz CT molecular complexity index is 507. The molecule has 0 spiro atoms. The molecule has 0 fully saturated rings. The maximum Gasteiger partial charge on any atom is 0.158 e. The number of fused-ring (bicyclic) bond motifs is 1. The second kappa shape index (κ2) is 3.90. The predicted molar refractivity (Wildman–Crippen MR) is 56.5 cm³/mol. The van der Waals surface area contributed by atoms with Crippen LogP contribution < -0.4 is 4.74 Å². The summed E-state index contributed by atoms with van der Waals surface area (Å²) >= 11 is 5.97. The predicted octanol–water partition coefficient (Wildman–Crippen LogP) is 1.74. The van der Waals surface area contributed by atoms with E-state index in [0.717, 1.165) is 6.29 Å². The largest absolute Gasteiger partial charge is 0.494 e. The first kappa shape index (κ1) is 9.98. The van der Waals surface area contributed by atoms with Crippen LogP contribution in [0.3, 0.4) is 0 Å². The first-order valence-corrected chi connectivity index (χ1v) is 4.78. The molecule has 0 radical (unpaired) electrons. The number of pyridine rings is 1. The Morgan fingerprint density at radius 3 is 3.13 bits per heavy atom. The van der Waals surface area contributed by atoms with E-state index in [1.807, 2.05) is 6.07 Å². The molecule has 0 aliphatic heterocycles. The van der Waals surface area contributed by atoms with Gasteiger partial charge in [-0.2, -0.15) is 0 Å². The summed E-state index contributed by atoms with van der Waals surface area (Å²) in [6, 6.07) is 3.62. The molecule has 0 unspecified atom stereocenters. The summed E-state index contributed by atoms with van der Waals surface area (Å²) in [5, 5.41) is 0.351. The van der Waals surface area contributed by atoms with Crippen LogP contribution in [0.4, 0.5) is 0 Å². The van der Waals surface area contributed by atoms with Gasteiger partial charge >= 0.3 is 0 Å². The number of ether oxygens (including phenoxy) is 1. The minimum atomic E-state index is 0.237. The average molecular weight is 225 g/mol. The van der Waals surface area contributed by atoms with Crippen molar-refractivity contribution in [2.24, 2.45) is 0 Å². The van der Waals surface area contributed by atoms with E-state index < -0.39 is 0 Å². The van der Waals surface area contributed by atoms with Crippen LogP contribution in [0, 0.1) is 0 Å². The van der Waals surface area contributed by atoms with Crippen LogP contribution in [0.2, 0.25) is 5.15 Å². The van der Waals surface area contributed by atoms with Crippen LogP contribution in [0.5, 0.6) is 5.75 Å². The van der Waals surface area contributed by atoms with Crippen molar-refractivity contribution in [2.45, 2.75) is 6.42 Å². The number of aldehydes is 1. The molecule has 0 atom stereocenters. The first-order valence-electron chi connectivity index (χ1n) is 4.41. The number of rotatable bonds is 3. The highest BCUT2D eigenvalue weighted by molar-refractivity contribution is 6.33. The normalized spacial score (nSPS) is 10.5. The van der Waals surface area contributed by atoms with Gasteiger partial charge in [0.2, 0.25) is 0 Å². The first-order chi connectivity index (χ1) is 7.27. The Balaban J connectivity index is 2.73. The fourth-order valence-corrected chi connectivity index (χ4v) is 1.79. The molecule has 15 heavy (non-hydrogen) atoms. The molecule has 0 aliphatic rings. The lowest BCUT2D eigenvalue weighted by Crippen LogP contribution is -1.96. The fraction of sp³-hybridized carbons (Fsp3) is 0.200. The molecule has 0 bridgehead atoms. The molecule has 0 N–H and O–H groups in total. The topological polar surface area (TPSA) is 43.6 Å². The number of halogens is 1. The van der Waals surface area contributed by atoms with E-state index in [1.54, 1.807) is 23.8 Å². The molecule has 0 aromatic carbocycles. The molecule has 2 aromatic rings. The SMILES string of the molecule is COc1cccn2c(CC=O)nc(Cl)c12. The van der Waals surface area contributed by atoms with Gasteiger partial charge in [-0.25, -0.2) is 4.98 Å². The monoisotopic (exact) mass is 224 g/mol. The summed E-state index contributed by atoms with van der Waals surface area (Å²) in [4.78, 5) is 14.6. The van der Waals surface area contributed by atoms with Gasteiger partial charge < -0.3 is 9.53 Å². The van der Waals surface area contributed by atoms with Gasteiger partial charge in [-0.05, 0) is 12.1 Å². The Hall–Kier alpha value is -1.55. The van der Waals surface area contributed by atoms with Gasteiger partial charge in [0.25, 0.3) is 0 Å². The second-order valence-electron chi connectivity index (χ2n) is 2.98. The average Bonchev–Trinajstić information content (AvgIpc) is 2.57. The highest BCUT2D eigenvalue weighted by Gasteiger charge is 2.12. The van der Waals surface area contributed by atoms with E-state index in [4.69, 9.17) is 16.3 Å². The maximum atomic E-state index is 10.5. The van der Waals surface area contributed by atoms with Crippen molar-refractivity contribution in [1.82, 2.24) is 9.38 Å². The van der Waals surface area contributed by atoms with Crippen LogP contribution in [0.15, 0.2) is 18.3 Å². The lowest BCUT2D eigenvalue weighted by Gasteiger charge is -2.03. The molecule has 5 heteroatoms. The van der Waals surface area contributed by atoms with Gasteiger partial charge in [-0.15, -0.1) is 0 Å². The Morgan fingerprint density at radius 2 is 2.47 bits per heavy atom. The zero-order chi connectivity index (χ0) is 10.8.